The molecule has 0 saturated carbocycles. The van der Waals surface area contributed by atoms with Crippen molar-refractivity contribution < 1.29 is 4.79 Å². The van der Waals surface area contributed by atoms with Gasteiger partial charge in [0.15, 0.2) is 0 Å². The minimum atomic E-state index is -0.0340. The van der Waals surface area contributed by atoms with Crippen LogP contribution in [0.1, 0.15) is 41.9 Å². The van der Waals surface area contributed by atoms with E-state index < -0.39 is 0 Å². The van der Waals surface area contributed by atoms with E-state index in [-0.39, 0.29) is 36.3 Å². The molecule has 1 saturated heterocycles. The van der Waals surface area contributed by atoms with Gasteiger partial charge in [-0.1, -0.05) is 30.3 Å². The summed E-state index contributed by atoms with van der Waals surface area (Å²) in [7, 11) is 0. The Kier molecular flexibility index (Phi) is 5.44. The lowest BCUT2D eigenvalue weighted by molar-refractivity contribution is 0.0782. The van der Waals surface area contributed by atoms with E-state index in [2.05, 4.69) is 17.2 Å². The second-order valence-corrected chi connectivity index (χ2v) is 6.17. The van der Waals surface area contributed by atoms with Crippen LogP contribution in [0, 0.1) is 0 Å². The van der Waals surface area contributed by atoms with Crippen molar-refractivity contribution in [3.8, 4) is 0 Å². The number of likely N-dealkylation sites (tertiary alicyclic amines) is 1. The Morgan fingerprint density at radius 1 is 1.22 bits per heavy atom. The van der Waals surface area contributed by atoms with Gasteiger partial charge in [0.05, 0.1) is 0 Å². The van der Waals surface area contributed by atoms with Gasteiger partial charge in [-0.2, -0.15) is 5.10 Å². The van der Waals surface area contributed by atoms with Crippen LogP contribution in [0.4, 0.5) is 0 Å². The molecular formula is C17H23ClN4O. The summed E-state index contributed by atoms with van der Waals surface area (Å²) < 4.78 is 1.80. The van der Waals surface area contributed by atoms with E-state index >= 15 is 0 Å². The van der Waals surface area contributed by atoms with E-state index in [0.29, 0.717) is 18.8 Å². The van der Waals surface area contributed by atoms with Gasteiger partial charge in [0.1, 0.15) is 5.69 Å². The van der Waals surface area contributed by atoms with Crippen molar-refractivity contribution in [1.82, 2.24) is 14.7 Å². The number of benzene rings is 1. The number of halogens is 1. The smallest absolute Gasteiger partial charge is 0.274 e. The normalized spacial score (nSPS) is 20.6. The molecular weight excluding hydrogens is 312 g/mol. The summed E-state index contributed by atoms with van der Waals surface area (Å²) >= 11 is 0. The number of aromatic nitrogens is 2. The van der Waals surface area contributed by atoms with Crippen molar-refractivity contribution in [2.75, 3.05) is 13.1 Å². The van der Waals surface area contributed by atoms with Gasteiger partial charge in [0, 0.05) is 37.3 Å². The number of carbonyl (C=O) groups is 1. The Labute approximate surface area is 142 Å². The first-order valence-corrected chi connectivity index (χ1v) is 7.71. The first-order valence-electron chi connectivity index (χ1n) is 7.71. The second kappa shape index (κ2) is 7.15. The van der Waals surface area contributed by atoms with Crippen LogP contribution in [0.2, 0.25) is 0 Å². The van der Waals surface area contributed by atoms with E-state index in [1.54, 1.807) is 10.7 Å². The number of nitrogens with zero attached hydrogens (tertiary/aromatic N) is 3. The number of hydrogen-bond acceptors (Lipinski definition) is 3. The first kappa shape index (κ1) is 17.5. The Hall–Kier alpha value is -1.85. The Bertz CT molecular complexity index is 656. The summed E-state index contributed by atoms with van der Waals surface area (Å²) in [5, 5.41) is 4.36. The van der Waals surface area contributed by atoms with Gasteiger partial charge in [0.25, 0.3) is 5.91 Å². The van der Waals surface area contributed by atoms with Crippen molar-refractivity contribution in [3.05, 3.63) is 53.9 Å². The minimum absolute atomic E-state index is 0. The lowest BCUT2D eigenvalue weighted by atomic mass is 9.95. The van der Waals surface area contributed by atoms with Crippen LogP contribution in [0.25, 0.3) is 0 Å². The van der Waals surface area contributed by atoms with Crippen LogP contribution in [-0.2, 0) is 0 Å². The minimum Gasteiger partial charge on any atom is -0.335 e. The Balaban J connectivity index is 0.00000192. The van der Waals surface area contributed by atoms with Crippen molar-refractivity contribution in [2.45, 2.75) is 31.8 Å². The highest BCUT2D eigenvalue weighted by atomic mass is 35.5. The molecule has 1 fully saturated rings. The average molecular weight is 335 g/mol. The molecule has 1 aromatic carbocycles. The molecule has 0 radical (unpaired) electrons. The third kappa shape index (κ3) is 3.57. The zero-order valence-electron chi connectivity index (χ0n) is 13.4. The van der Waals surface area contributed by atoms with Crippen LogP contribution < -0.4 is 5.73 Å². The van der Waals surface area contributed by atoms with E-state index in [9.17, 15) is 4.79 Å². The largest absolute Gasteiger partial charge is 0.335 e. The molecule has 3 rings (SSSR count). The predicted molar refractivity (Wildman–Crippen MR) is 92.9 cm³/mol. The maximum atomic E-state index is 12.6. The number of rotatable bonds is 3. The fraction of sp³-hybridized carbons (Fsp3) is 0.412. The van der Waals surface area contributed by atoms with Crippen LogP contribution in [-0.4, -0.2) is 39.7 Å². The average Bonchev–Trinajstić information content (AvgIpc) is 3.14. The van der Waals surface area contributed by atoms with Gasteiger partial charge in [-0.05, 0) is 25.5 Å². The summed E-state index contributed by atoms with van der Waals surface area (Å²) in [4.78, 5) is 14.4. The lowest BCUT2D eigenvalue weighted by Gasteiger charge is -2.15. The van der Waals surface area contributed by atoms with E-state index in [4.69, 9.17) is 5.73 Å². The molecule has 2 aromatic rings. The van der Waals surface area contributed by atoms with Crippen LogP contribution >= 0.6 is 12.4 Å². The van der Waals surface area contributed by atoms with Crippen molar-refractivity contribution in [2.24, 2.45) is 5.73 Å². The highest BCUT2D eigenvalue weighted by Gasteiger charge is 2.34. The van der Waals surface area contributed by atoms with E-state index in [0.717, 1.165) is 0 Å². The zero-order valence-corrected chi connectivity index (χ0v) is 14.2. The third-order valence-corrected chi connectivity index (χ3v) is 4.24. The predicted octanol–water partition coefficient (Wildman–Crippen LogP) is 2.45. The zero-order chi connectivity index (χ0) is 15.7. The lowest BCUT2D eigenvalue weighted by Crippen LogP contribution is -2.32. The van der Waals surface area contributed by atoms with Crippen LogP contribution in [0.5, 0.6) is 0 Å². The number of amides is 1. The summed E-state index contributed by atoms with van der Waals surface area (Å²) in [6, 6.07) is 12.2. The molecule has 0 spiro atoms. The molecule has 1 aromatic heterocycles. The first-order chi connectivity index (χ1) is 10.6. The molecule has 0 aliphatic carbocycles. The highest BCUT2D eigenvalue weighted by Crippen LogP contribution is 2.27. The summed E-state index contributed by atoms with van der Waals surface area (Å²) in [6.07, 6.45) is 1.85. The second-order valence-electron chi connectivity index (χ2n) is 6.17. The van der Waals surface area contributed by atoms with Gasteiger partial charge >= 0.3 is 0 Å². The molecule has 1 aliphatic rings. The summed E-state index contributed by atoms with van der Waals surface area (Å²) in [5.41, 5.74) is 7.94. The summed E-state index contributed by atoms with van der Waals surface area (Å²) in [6.45, 7) is 5.31. The van der Waals surface area contributed by atoms with Crippen molar-refractivity contribution in [1.29, 1.82) is 0 Å². The topological polar surface area (TPSA) is 64.2 Å². The molecule has 1 amide bonds. The third-order valence-electron chi connectivity index (χ3n) is 4.24. The molecule has 1 aliphatic heterocycles. The highest BCUT2D eigenvalue weighted by molar-refractivity contribution is 5.92. The van der Waals surface area contributed by atoms with Crippen LogP contribution in [0.15, 0.2) is 42.6 Å². The molecule has 6 heteroatoms. The van der Waals surface area contributed by atoms with E-state index in [1.807, 2.05) is 43.1 Å². The fourth-order valence-electron chi connectivity index (χ4n) is 2.95. The standard InChI is InChI=1S/C17H22N4O.ClH/c1-12(2)21-9-8-16(19-21)17(22)20-10-14(15(18)11-20)13-6-4-3-5-7-13;/h3-9,12,14-15H,10-11,18H2,1-2H3;1H/t14-,15+;/m0./s1. The molecule has 0 unspecified atom stereocenters. The molecule has 2 N–H and O–H groups in total. The molecule has 5 nitrogen and oxygen atoms in total. The van der Waals surface area contributed by atoms with Crippen LogP contribution in [0.3, 0.4) is 0 Å². The molecule has 0 bridgehead atoms. The van der Waals surface area contributed by atoms with Gasteiger partial charge < -0.3 is 10.6 Å². The maximum Gasteiger partial charge on any atom is 0.274 e. The SMILES string of the molecule is CC(C)n1ccc(C(=O)N2C[C@@H](N)[C@H](c3ccccc3)C2)n1.Cl. The monoisotopic (exact) mass is 334 g/mol. The van der Waals surface area contributed by atoms with Gasteiger partial charge in [0.2, 0.25) is 0 Å². The number of hydrogen-bond donors (Lipinski definition) is 1. The molecule has 2 heterocycles. The number of carbonyl (C=O) groups excluding carboxylic acids is 1. The van der Waals surface area contributed by atoms with Crippen molar-refractivity contribution in [3.63, 3.8) is 0 Å². The number of nitrogens with two attached hydrogens (primary N) is 1. The Morgan fingerprint density at radius 3 is 2.52 bits per heavy atom. The maximum absolute atomic E-state index is 12.6. The fourth-order valence-corrected chi connectivity index (χ4v) is 2.95. The summed E-state index contributed by atoms with van der Waals surface area (Å²) in [5.74, 6) is 0.158. The van der Waals surface area contributed by atoms with Gasteiger partial charge in [-0.25, -0.2) is 0 Å². The van der Waals surface area contributed by atoms with E-state index in [1.165, 1.54) is 5.56 Å². The molecule has 124 valence electrons. The quantitative estimate of drug-likeness (QED) is 0.937. The Morgan fingerprint density at radius 2 is 1.91 bits per heavy atom. The molecule has 23 heavy (non-hydrogen) atoms. The molecule has 2 atom stereocenters. The van der Waals surface area contributed by atoms with Gasteiger partial charge in [-0.15, -0.1) is 12.4 Å². The van der Waals surface area contributed by atoms with Crippen molar-refractivity contribution >= 4 is 18.3 Å². The van der Waals surface area contributed by atoms with Gasteiger partial charge in [-0.3, -0.25) is 9.48 Å².